The average molecular weight is 393 g/mol. The van der Waals surface area contributed by atoms with E-state index in [1.165, 1.54) is 10.8 Å². The molecule has 0 spiro atoms. The first-order valence-electron chi connectivity index (χ1n) is 9.38. The van der Waals surface area contributed by atoms with E-state index < -0.39 is 5.97 Å². The van der Waals surface area contributed by atoms with Crippen LogP contribution in [0.15, 0.2) is 42.5 Å². The number of carbonyl (C=O) groups is 1. The molecule has 1 fully saturated rings. The SMILES string of the molecule is CN(CC(=O)O)C1CCN(CCCOc2ccc3ccccc3c2)CC1.Cl. The molecule has 0 bridgehead atoms. The number of likely N-dealkylation sites (tertiary alicyclic amines) is 1. The minimum Gasteiger partial charge on any atom is -0.494 e. The summed E-state index contributed by atoms with van der Waals surface area (Å²) in [7, 11) is 1.91. The summed E-state index contributed by atoms with van der Waals surface area (Å²) >= 11 is 0. The highest BCUT2D eigenvalue weighted by Gasteiger charge is 2.23. The van der Waals surface area contributed by atoms with Crippen LogP contribution in [-0.4, -0.2) is 66.8 Å². The van der Waals surface area contributed by atoms with Crippen LogP contribution in [0.4, 0.5) is 0 Å². The zero-order valence-electron chi connectivity index (χ0n) is 15.8. The van der Waals surface area contributed by atoms with Crippen molar-refractivity contribution in [2.45, 2.75) is 25.3 Å². The minimum atomic E-state index is -0.749. The van der Waals surface area contributed by atoms with Gasteiger partial charge >= 0.3 is 5.97 Å². The molecule has 1 saturated heterocycles. The number of ether oxygens (including phenoxy) is 1. The Labute approximate surface area is 167 Å². The fourth-order valence-corrected chi connectivity index (χ4v) is 3.66. The van der Waals surface area contributed by atoms with Crippen LogP contribution in [0, 0.1) is 0 Å². The van der Waals surface area contributed by atoms with E-state index in [0.717, 1.165) is 51.3 Å². The molecule has 0 amide bonds. The lowest BCUT2D eigenvalue weighted by Crippen LogP contribution is -2.45. The van der Waals surface area contributed by atoms with Gasteiger partial charge in [0.05, 0.1) is 13.2 Å². The molecular weight excluding hydrogens is 364 g/mol. The second kappa shape index (κ2) is 10.5. The summed E-state index contributed by atoms with van der Waals surface area (Å²) in [6, 6.07) is 14.9. The molecule has 0 aromatic heterocycles. The van der Waals surface area contributed by atoms with Crippen LogP contribution < -0.4 is 4.74 Å². The number of hydrogen-bond donors (Lipinski definition) is 1. The number of halogens is 1. The number of fused-ring (bicyclic) bond motifs is 1. The van der Waals surface area contributed by atoms with E-state index in [4.69, 9.17) is 9.84 Å². The van der Waals surface area contributed by atoms with Gasteiger partial charge in [-0.25, -0.2) is 0 Å². The van der Waals surface area contributed by atoms with E-state index in [1.54, 1.807) is 0 Å². The Balaban J connectivity index is 0.00000261. The Morgan fingerprint density at radius 1 is 1.19 bits per heavy atom. The number of benzene rings is 2. The van der Waals surface area contributed by atoms with Crippen LogP contribution in [0.2, 0.25) is 0 Å². The van der Waals surface area contributed by atoms with E-state index in [9.17, 15) is 4.79 Å². The van der Waals surface area contributed by atoms with Crippen molar-refractivity contribution in [3.8, 4) is 5.75 Å². The summed E-state index contributed by atoms with van der Waals surface area (Å²) in [5.74, 6) is 0.179. The van der Waals surface area contributed by atoms with Crippen LogP contribution >= 0.6 is 12.4 Å². The molecule has 0 aliphatic carbocycles. The van der Waals surface area contributed by atoms with Gasteiger partial charge in [-0.2, -0.15) is 0 Å². The summed E-state index contributed by atoms with van der Waals surface area (Å²) in [5, 5.41) is 11.3. The number of carboxylic acid groups (broad SMARTS) is 1. The third kappa shape index (κ3) is 6.38. The van der Waals surface area contributed by atoms with Crippen LogP contribution in [0.3, 0.4) is 0 Å². The zero-order valence-corrected chi connectivity index (χ0v) is 16.7. The predicted octanol–water partition coefficient (Wildman–Crippen LogP) is 3.51. The monoisotopic (exact) mass is 392 g/mol. The summed E-state index contributed by atoms with van der Waals surface area (Å²) in [4.78, 5) is 15.2. The molecule has 1 N–H and O–H groups in total. The lowest BCUT2D eigenvalue weighted by Gasteiger charge is -2.36. The van der Waals surface area contributed by atoms with Gasteiger partial charge in [-0.15, -0.1) is 12.4 Å². The fraction of sp³-hybridized carbons (Fsp3) is 0.476. The van der Waals surface area contributed by atoms with Gasteiger partial charge in [0.1, 0.15) is 5.75 Å². The zero-order chi connectivity index (χ0) is 18.4. The number of likely N-dealkylation sites (N-methyl/N-ethyl adjacent to an activating group) is 1. The molecule has 0 saturated carbocycles. The van der Waals surface area contributed by atoms with Gasteiger partial charge in [0.2, 0.25) is 0 Å². The molecule has 1 heterocycles. The molecule has 1 aliphatic rings. The third-order valence-corrected chi connectivity index (χ3v) is 5.17. The molecule has 148 valence electrons. The van der Waals surface area contributed by atoms with Crippen LogP contribution in [0.1, 0.15) is 19.3 Å². The van der Waals surface area contributed by atoms with E-state index >= 15 is 0 Å². The molecule has 2 aromatic carbocycles. The predicted molar refractivity (Wildman–Crippen MR) is 111 cm³/mol. The molecule has 3 rings (SSSR count). The molecule has 5 nitrogen and oxygen atoms in total. The maximum absolute atomic E-state index is 10.8. The second-order valence-corrected chi connectivity index (χ2v) is 7.09. The van der Waals surface area contributed by atoms with Crippen molar-refractivity contribution < 1.29 is 14.6 Å². The van der Waals surface area contributed by atoms with E-state index in [0.29, 0.717) is 6.04 Å². The van der Waals surface area contributed by atoms with Crippen molar-refractivity contribution >= 4 is 29.1 Å². The molecule has 0 radical (unpaired) electrons. The first-order chi connectivity index (χ1) is 12.6. The van der Waals surface area contributed by atoms with E-state index in [1.807, 2.05) is 30.1 Å². The minimum absolute atomic E-state index is 0. The van der Waals surface area contributed by atoms with Crippen molar-refractivity contribution in [3.63, 3.8) is 0 Å². The summed E-state index contributed by atoms with van der Waals surface area (Å²) < 4.78 is 5.91. The highest BCUT2D eigenvalue weighted by molar-refractivity contribution is 5.85. The summed E-state index contributed by atoms with van der Waals surface area (Å²) in [5.41, 5.74) is 0. The number of nitrogens with zero attached hydrogens (tertiary/aromatic N) is 2. The van der Waals surface area contributed by atoms with Crippen molar-refractivity contribution in [2.24, 2.45) is 0 Å². The fourth-order valence-electron chi connectivity index (χ4n) is 3.66. The summed E-state index contributed by atoms with van der Waals surface area (Å²) in [6.45, 7) is 3.94. The quantitative estimate of drug-likeness (QED) is 0.697. The van der Waals surface area contributed by atoms with Crippen LogP contribution in [-0.2, 0) is 4.79 Å². The molecule has 2 aromatic rings. The largest absolute Gasteiger partial charge is 0.494 e. The molecule has 0 unspecified atom stereocenters. The molecule has 6 heteroatoms. The molecule has 27 heavy (non-hydrogen) atoms. The van der Waals surface area contributed by atoms with Crippen molar-refractivity contribution in [3.05, 3.63) is 42.5 Å². The Hall–Kier alpha value is -1.82. The lowest BCUT2D eigenvalue weighted by molar-refractivity contribution is -0.138. The Morgan fingerprint density at radius 3 is 2.59 bits per heavy atom. The normalized spacial score (nSPS) is 15.6. The Morgan fingerprint density at radius 2 is 1.89 bits per heavy atom. The Bertz CT molecular complexity index is 732. The molecule has 1 aliphatic heterocycles. The van der Waals surface area contributed by atoms with Gasteiger partial charge in [0.15, 0.2) is 0 Å². The topological polar surface area (TPSA) is 53.0 Å². The smallest absolute Gasteiger partial charge is 0.317 e. The average Bonchev–Trinajstić information content (AvgIpc) is 2.65. The van der Waals surface area contributed by atoms with Gasteiger partial charge in [-0.3, -0.25) is 9.69 Å². The highest BCUT2D eigenvalue weighted by Crippen LogP contribution is 2.21. The van der Waals surface area contributed by atoms with Gasteiger partial charge in [-0.1, -0.05) is 30.3 Å². The lowest BCUT2D eigenvalue weighted by atomic mass is 10.0. The Kier molecular flexibility index (Phi) is 8.35. The number of rotatable bonds is 8. The number of aliphatic carboxylic acids is 1. The van der Waals surface area contributed by atoms with Crippen molar-refractivity contribution in [1.29, 1.82) is 0 Å². The van der Waals surface area contributed by atoms with Crippen molar-refractivity contribution in [2.75, 3.05) is 39.8 Å². The van der Waals surface area contributed by atoms with Gasteiger partial charge in [0, 0.05) is 12.6 Å². The number of piperidine rings is 1. The van der Waals surface area contributed by atoms with E-state index in [2.05, 4.69) is 29.2 Å². The maximum atomic E-state index is 10.8. The summed E-state index contributed by atoms with van der Waals surface area (Å²) in [6.07, 6.45) is 3.08. The molecular formula is C21H29ClN2O3. The van der Waals surface area contributed by atoms with Crippen LogP contribution in [0.25, 0.3) is 10.8 Å². The van der Waals surface area contributed by atoms with E-state index in [-0.39, 0.29) is 19.0 Å². The van der Waals surface area contributed by atoms with Gasteiger partial charge in [-0.05, 0) is 62.3 Å². The van der Waals surface area contributed by atoms with Gasteiger partial charge in [0.25, 0.3) is 0 Å². The second-order valence-electron chi connectivity index (χ2n) is 7.09. The first kappa shape index (κ1) is 21.5. The van der Waals surface area contributed by atoms with Gasteiger partial charge < -0.3 is 14.7 Å². The maximum Gasteiger partial charge on any atom is 0.317 e. The number of carboxylic acids is 1. The van der Waals surface area contributed by atoms with Crippen molar-refractivity contribution in [1.82, 2.24) is 9.80 Å². The first-order valence-corrected chi connectivity index (χ1v) is 9.38. The molecule has 0 atom stereocenters. The third-order valence-electron chi connectivity index (χ3n) is 5.17. The standard InChI is InChI=1S/C21H28N2O3.ClH/c1-22(16-21(24)25)19-9-12-23(13-10-19)11-4-14-26-20-8-7-17-5-2-3-6-18(17)15-20;/h2-3,5-8,15,19H,4,9-14,16H2,1H3,(H,24,25);1H. The highest BCUT2D eigenvalue weighted by atomic mass is 35.5. The van der Waals surface area contributed by atoms with Crippen LogP contribution in [0.5, 0.6) is 5.75 Å². The number of hydrogen-bond acceptors (Lipinski definition) is 4.